The molecule has 0 radical (unpaired) electrons. The topological polar surface area (TPSA) is 122 Å². The van der Waals surface area contributed by atoms with Crippen LogP contribution in [0.25, 0.3) is 5.76 Å². The van der Waals surface area contributed by atoms with Crippen molar-refractivity contribution in [1.82, 2.24) is 9.97 Å². The maximum Gasteiger partial charge on any atom is 0.302 e. The SMILES string of the molecule is COc1ccc(/C(O)=C2/C(=O)C(=O)N(c3ncccn3)C2c2ccc(O)c(OC)c2)cc1. The number of amides is 1. The molecule has 32 heavy (non-hydrogen) atoms. The van der Waals surface area contributed by atoms with Gasteiger partial charge in [-0.25, -0.2) is 9.97 Å². The lowest BCUT2D eigenvalue weighted by Gasteiger charge is -2.23. The summed E-state index contributed by atoms with van der Waals surface area (Å²) in [5.74, 6) is -1.53. The maximum absolute atomic E-state index is 13.1. The molecule has 2 N–H and O–H groups in total. The Kier molecular flexibility index (Phi) is 5.46. The first-order valence-corrected chi connectivity index (χ1v) is 9.55. The molecule has 9 heteroatoms. The highest BCUT2D eigenvalue weighted by Gasteiger charge is 2.48. The van der Waals surface area contributed by atoms with Crippen molar-refractivity contribution in [3.8, 4) is 17.2 Å². The summed E-state index contributed by atoms with van der Waals surface area (Å²) in [6, 6.07) is 11.4. The van der Waals surface area contributed by atoms with Crippen molar-refractivity contribution < 1.29 is 29.3 Å². The number of phenols is 1. The summed E-state index contributed by atoms with van der Waals surface area (Å²) in [6.07, 6.45) is 2.89. The zero-order valence-electron chi connectivity index (χ0n) is 17.2. The van der Waals surface area contributed by atoms with Crippen LogP contribution in [0.3, 0.4) is 0 Å². The molecule has 162 valence electrons. The number of hydrogen-bond acceptors (Lipinski definition) is 8. The Hall–Kier alpha value is -4.40. The van der Waals surface area contributed by atoms with E-state index in [9.17, 15) is 19.8 Å². The van der Waals surface area contributed by atoms with Gasteiger partial charge in [0.1, 0.15) is 11.5 Å². The van der Waals surface area contributed by atoms with E-state index >= 15 is 0 Å². The van der Waals surface area contributed by atoms with Crippen LogP contribution in [0.4, 0.5) is 5.95 Å². The van der Waals surface area contributed by atoms with Crippen molar-refractivity contribution in [2.75, 3.05) is 19.1 Å². The lowest BCUT2D eigenvalue weighted by atomic mass is 9.95. The summed E-state index contributed by atoms with van der Waals surface area (Å²) in [5, 5.41) is 21.1. The fourth-order valence-corrected chi connectivity index (χ4v) is 3.54. The van der Waals surface area contributed by atoms with Crippen LogP contribution in [0.15, 0.2) is 66.5 Å². The van der Waals surface area contributed by atoms with Crippen molar-refractivity contribution >= 4 is 23.4 Å². The molecule has 2 aromatic carbocycles. The van der Waals surface area contributed by atoms with Crippen molar-refractivity contribution in [3.05, 3.63) is 77.6 Å². The Labute approximate surface area is 183 Å². The predicted octanol–water partition coefficient (Wildman–Crippen LogP) is 2.83. The average Bonchev–Trinajstić information content (AvgIpc) is 3.10. The summed E-state index contributed by atoms with van der Waals surface area (Å²) >= 11 is 0. The number of Topliss-reactive ketones (excluding diaryl/α,β-unsaturated/α-hetero) is 1. The summed E-state index contributed by atoms with van der Waals surface area (Å²) in [7, 11) is 2.89. The molecular formula is C23H19N3O6. The fourth-order valence-electron chi connectivity index (χ4n) is 3.54. The minimum atomic E-state index is -1.05. The molecule has 0 saturated carbocycles. The second kappa shape index (κ2) is 8.38. The van der Waals surface area contributed by atoms with E-state index in [1.165, 1.54) is 44.8 Å². The van der Waals surface area contributed by atoms with Crippen molar-refractivity contribution in [2.45, 2.75) is 6.04 Å². The quantitative estimate of drug-likeness (QED) is 0.358. The van der Waals surface area contributed by atoms with Gasteiger partial charge in [-0.2, -0.15) is 0 Å². The first kappa shape index (κ1) is 20.9. The summed E-state index contributed by atoms with van der Waals surface area (Å²) in [4.78, 5) is 35.4. The minimum Gasteiger partial charge on any atom is -0.507 e. The second-order valence-corrected chi connectivity index (χ2v) is 6.88. The molecule has 4 rings (SSSR count). The third kappa shape index (κ3) is 3.49. The number of carbonyl (C=O) groups excluding carboxylic acids is 2. The van der Waals surface area contributed by atoms with Crippen molar-refractivity contribution in [3.63, 3.8) is 0 Å². The first-order chi connectivity index (χ1) is 15.5. The fraction of sp³-hybridized carbons (Fsp3) is 0.130. The van der Waals surface area contributed by atoms with Crippen LogP contribution in [-0.4, -0.2) is 46.1 Å². The Balaban J connectivity index is 1.94. The summed E-state index contributed by atoms with van der Waals surface area (Å²) < 4.78 is 10.3. The number of nitrogens with zero attached hydrogens (tertiary/aromatic N) is 3. The molecule has 1 aliphatic rings. The zero-order chi connectivity index (χ0) is 22.8. The molecule has 1 amide bonds. The van der Waals surface area contributed by atoms with Gasteiger partial charge in [-0.3, -0.25) is 14.5 Å². The number of carbonyl (C=O) groups is 2. The molecule has 0 bridgehead atoms. The van der Waals surface area contributed by atoms with E-state index in [0.717, 1.165) is 4.90 Å². The number of aliphatic hydroxyl groups excluding tert-OH is 1. The van der Waals surface area contributed by atoms with Crippen LogP contribution in [0.5, 0.6) is 17.2 Å². The van der Waals surface area contributed by atoms with Crippen LogP contribution >= 0.6 is 0 Å². The van der Waals surface area contributed by atoms with Gasteiger partial charge in [0.15, 0.2) is 11.5 Å². The number of hydrogen-bond donors (Lipinski definition) is 2. The smallest absolute Gasteiger partial charge is 0.302 e. The molecular weight excluding hydrogens is 414 g/mol. The van der Waals surface area contributed by atoms with Gasteiger partial charge in [-0.1, -0.05) is 6.07 Å². The third-order valence-electron chi connectivity index (χ3n) is 5.10. The molecule has 0 aliphatic carbocycles. The van der Waals surface area contributed by atoms with Crippen molar-refractivity contribution in [2.24, 2.45) is 0 Å². The third-order valence-corrected chi connectivity index (χ3v) is 5.10. The second-order valence-electron chi connectivity index (χ2n) is 6.88. The van der Waals surface area contributed by atoms with E-state index in [4.69, 9.17) is 9.47 Å². The Morgan fingerprint density at radius 3 is 2.31 bits per heavy atom. The average molecular weight is 433 g/mol. The molecule has 1 atom stereocenters. The van der Waals surface area contributed by atoms with Gasteiger partial charge in [0, 0.05) is 18.0 Å². The molecule has 1 aromatic heterocycles. The van der Waals surface area contributed by atoms with E-state index < -0.39 is 17.7 Å². The van der Waals surface area contributed by atoms with E-state index in [1.54, 1.807) is 30.3 Å². The number of ether oxygens (including phenoxy) is 2. The van der Waals surface area contributed by atoms with Crippen LogP contribution < -0.4 is 14.4 Å². The van der Waals surface area contributed by atoms with Crippen molar-refractivity contribution in [1.29, 1.82) is 0 Å². The number of rotatable bonds is 5. The standard InChI is InChI=1S/C23H19N3O6/c1-31-15-7-4-13(5-8-15)20(28)18-19(14-6-9-16(27)17(12-14)32-2)26(22(30)21(18)29)23-24-10-3-11-25-23/h3-12,19,27-28H,1-2H3/b20-18-. The number of aromatic hydroxyl groups is 1. The summed E-state index contributed by atoms with van der Waals surface area (Å²) in [6.45, 7) is 0. The Morgan fingerprint density at radius 1 is 1.00 bits per heavy atom. The minimum absolute atomic E-state index is 0.000391. The van der Waals surface area contributed by atoms with Crippen LogP contribution in [0.2, 0.25) is 0 Å². The van der Waals surface area contributed by atoms with Gasteiger partial charge >= 0.3 is 5.91 Å². The number of aliphatic hydroxyl groups is 1. The monoisotopic (exact) mass is 433 g/mol. The highest BCUT2D eigenvalue weighted by atomic mass is 16.5. The lowest BCUT2D eigenvalue weighted by Crippen LogP contribution is -2.31. The van der Waals surface area contributed by atoms with E-state index in [1.807, 2.05) is 0 Å². The lowest BCUT2D eigenvalue weighted by molar-refractivity contribution is -0.132. The van der Waals surface area contributed by atoms with Gasteiger partial charge < -0.3 is 19.7 Å². The molecule has 0 spiro atoms. The summed E-state index contributed by atoms with van der Waals surface area (Å²) in [5.41, 5.74) is 0.607. The predicted molar refractivity (Wildman–Crippen MR) is 114 cm³/mol. The van der Waals surface area contributed by atoms with Crippen LogP contribution in [-0.2, 0) is 9.59 Å². The highest BCUT2D eigenvalue weighted by molar-refractivity contribution is 6.51. The van der Waals surface area contributed by atoms with E-state index in [2.05, 4.69) is 9.97 Å². The van der Waals surface area contributed by atoms with Gasteiger partial charge in [-0.15, -0.1) is 0 Å². The number of benzene rings is 2. The Bertz CT molecular complexity index is 1210. The number of ketones is 1. The number of phenolic OH excluding ortho intramolecular Hbond substituents is 1. The van der Waals surface area contributed by atoms with Gasteiger partial charge in [-0.05, 0) is 48.0 Å². The number of anilines is 1. The normalized spacial score (nSPS) is 17.4. The van der Waals surface area contributed by atoms with Crippen LogP contribution in [0.1, 0.15) is 17.2 Å². The first-order valence-electron chi connectivity index (χ1n) is 9.55. The molecule has 9 nitrogen and oxygen atoms in total. The van der Waals surface area contributed by atoms with Gasteiger partial charge in [0.2, 0.25) is 5.95 Å². The molecule has 1 saturated heterocycles. The molecule has 2 heterocycles. The number of methoxy groups -OCH3 is 2. The largest absolute Gasteiger partial charge is 0.507 e. The van der Waals surface area contributed by atoms with Gasteiger partial charge in [0.05, 0.1) is 25.8 Å². The van der Waals surface area contributed by atoms with E-state index in [0.29, 0.717) is 16.9 Å². The molecule has 1 unspecified atom stereocenters. The molecule has 1 aliphatic heterocycles. The van der Waals surface area contributed by atoms with Crippen LogP contribution in [0, 0.1) is 0 Å². The van der Waals surface area contributed by atoms with Gasteiger partial charge in [0.25, 0.3) is 5.78 Å². The maximum atomic E-state index is 13.1. The molecule has 3 aromatic rings. The Morgan fingerprint density at radius 2 is 1.69 bits per heavy atom. The number of aromatic nitrogens is 2. The zero-order valence-corrected chi connectivity index (χ0v) is 17.2. The molecule has 1 fully saturated rings. The van der Waals surface area contributed by atoms with E-state index in [-0.39, 0.29) is 28.8 Å². The highest BCUT2D eigenvalue weighted by Crippen LogP contribution is 2.43.